The molecule has 3 N–H and O–H groups in total. The summed E-state index contributed by atoms with van der Waals surface area (Å²) in [4.78, 5) is 15.4. The van der Waals surface area contributed by atoms with E-state index in [0.29, 0.717) is 18.7 Å². The zero-order chi connectivity index (χ0) is 11.5. The molecule has 0 aliphatic rings. The number of amides is 1. The van der Waals surface area contributed by atoms with E-state index in [-0.39, 0.29) is 5.91 Å². The molecule has 0 atom stereocenters. The summed E-state index contributed by atoms with van der Waals surface area (Å²) in [5, 5.41) is 2.59. The molecular formula is C11H14N4O. The second-order valence-electron chi connectivity index (χ2n) is 3.61. The minimum absolute atomic E-state index is 0.0253. The van der Waals surface area contributed by atoms with Gasteiger partial charge in [0.25, 0.3) is 0 Å². The number of aromatic nitrogens is 2. The van der Waals surface area contributed by atoms with Crippen LogP contribution in [0.1, 0.15) is 6.42 Å². The van der Waals surface area contributed by atoms with Crippen molar-refractivity contribution >= 4 is 22.6 Å². The number of rotatable bonds is 3. The number of fused-ring (bicyclic) bond motifs is 1. The van der Waals surface area contributed by atoms with Gasteiger partial charge in [-0.3, -0.25) is 4.79 Å². The summed E-state index contributed by atoms with van der Waals surface area (Å²) < 4.78 is 1.95. The van der Waals surface area contributed by atoms with E-state index in [1.165, 1.54) is 0 Å². The molecule has 84 valence electrons. The summed E-state index contributed by atoms with van der Waals surface area (Å²) in [5.41, 5.74) is 8.22. The number of hydrogen-bond acceptors (Lipinski definition) is 3. The fraction of sp³-hybridized carbons (Fsp3) is 0.273. The van der Waals surface area contributed by atoms with Crippen LogP contribution in [0, 0.1) is 0 Å². The van der Waals surface area contributed by atoms with Crippen molar-refractivity contribution < 1.29 is 4.79 Å². The Kier molecular flexibility index (Phi) is 2.76. The van der Waals surface area contributed by atoms with Gasteiger partial charge in [0.05, 0.1) is 17.4 Å². The predicted octanol–water partition coefficient (Wildman–Crippen LogP) is 0.755. The zero-order valence-corrected chi connectivity index (χ0v) is 9.10. The van der Waals surface area contributed by atoms with E-state index < -0.39 is 0 Å². The Labute approximate surface area is 93.3 Å². The number of nitrogen functional groups attached to an aromatic ring is 1. The Bertz CT molecular complexity index is 518. The molecule has 0 radical (unpaired) electrons. The van der Waals surface area contributed by atoms with Gasteiger partial charge < -0.3 is 15.6 Å². The third-order valence-electron chi connectivity index (χ3n) is 2.50. The van der Waals surface area contributed by atoms with E-state index in [1.807, 2.05) is 22.8 Å². The van der Waals surface area contributed by atoms with Crippen molar-refractivity contribution in [1.82, 2.24) is 14.9 Å². The maximum Gasteiger partial charge on any atom is 0.221 e. The lowest BCUT2D eigenvalue weighted by Crippen LogP contribution is -2.19. The van der Waals surface area contributed by atoms with Gasteiger partial charge in [0, 0.05) is 25.7 Å². The molecule has 0 aliphatic heterocycles. The average Bonchev–Trinajstić information content (AvgIpc) is 2.68. The van der Waals surface area contributed by atoms with Crippen LogP contribution in [0.5, 0.6) is 0 Å². The number of nitrogens with zero attached hydrogens (tertiary/aromatic N) is 2. The predicted molar refractivity (Wildman–Crippen MR) is 62.8 cm³/mol. The number of aryl methyl sites for hydroxylation is 1. The van der Waals surface area contributed by atoms with Gasteiger partial charge in [-0.25, -0.2) is 4.98 Å². The normalized spacial score (nSPS) is 10.6. The van der Waals surface area contributed by atoms with Crippen LogP contribution in [0.3, 0.4) is 0 Å². The number of anilines is 1. The van der Waals surface area contributed by atoms with Crippen molar-refractivity contribution in [2.24, 2.45) is 0 Å². The van der Waals surface area contributed by atoms with Gasteiger partial charge in [-0.15, -0.1) is 0 Å². The third-order valence-corrected chi connectivity index (χ3v) is 2.50. The minimum Gasteiger partial charge on any atom is -0.399 e. The molecule has 2 aromatic rings. The summed E-state index contributed by atoms with van der Waals surface area (Å²) in [7, 11) is 1.63. The molecule has 1 amide bonds. The highest BCUT2D eigenvalue weighted by molar-refractivity contribution is 5.79. The summed E-state index contributed by atoms with van der Waals surface area (Å²) in [6.07, 6.45) is 2.18. The fourth-order valence-electron chi connectivity index (χ4n) is 1.61. The molecule has 0 fully saturated rings. The summed E-state index contributed by atoms with van der Waals surface area (Å²) in [5.74, 6) is 0.0253. The van der Waals surface area contributed by atoms with Gasteiger partial charge in [0.2, 0.25) is 5.91 Å². The molecule has 1 aromatic carbocycles. The van der Waals surface area contributed by atoms with E-state index in [0.717, 1.165) is 11.0 Å². The average molecular weight is 218 g/mol. The van der Waals surface area contributed by atoms with Crippen LogP contribution in [0.15, 0.2) is 24.5 Å². The number of nitrogens with two attached hydrogens (primary N) is 1. The highest BCUT2D eigenvalue weighted by Gasteiger charge is 2.04. The molecule has 1 heterocycles. The molecule has 0 spiro atoms. The first-order valence-electron chi connectivity index (χ1n) is 5.11. The second kappa shape index (κ2) is 4.22. The Balaban J connectivity index is 2.22. The topological polar surface area (TPSA) is 72.9 Å². The van der Waals surface area contributed by atoms with Crippen molar-refractivity contribution in [3.05, 3.63) is 24.5 Å². The lowest BCUT2D eigenvalue weighted by atomic mass is 10.3. The van der Waals surface area contributed by atoms with Crippen LogP contribution < -0.4 is 11.1 Å². The molecule has 0 saturated heterocycles. The zero-order valence-electron chi connectivity index (χ0n) is 9.10. The largest absolute Gasteiger partial charge is 0.399 e. The SMILES string of the molecule is CNC(=O)CCn1cnc2cc(N)ccc21. The van der Waals surface area contributed by atoms with Gasteiger partial charge in [-0.2, -0.15) is 0 Å². The molecule has 2 rings (SSSR count). The number of carbonyl (C=O) groups is 1. The number of hydrogen-bond donors (Lipinski definition) is 2. The van der Waals surface area contributed by atoms with E-state index in [2.05, 4.69) is 10.3 Å². The number of imidazole rings is 1. The molecule has 0 unspecified atom stereocenters. The van der Waals surface area contributed by atoms with Crippen LogP contribution in [0.2, 0.25) is 0 Å². The highest BCUT2D eigenvalue weighted by Crippen LogP contribution is 2.16. The molecular weight excluding hydrogens is 204 g/mol. The minimum atomic E-state index is 0.0253. The van der Waals surface area contributed by atoms with Crippen molar-refractivity contribution in [1.29, 1.82) is 0 Å². The first kappa shape index (κ1) is 10.5. The third kappa shape index (κ3) is 1.98. The van der Waals surface area contributed by atoms with E-state index in [9.17, 15) is 4.79 Å². The monoisotopic (exact) mass is 218 g/mol. The van der Waals surface area contributed by atoms with Crippen LogP contribution in [0.25, 0.3) is 11.0 Å². The van der Waals surface area contributed by atoms with E-state index in [4.69, 9.17) is 5.73 Å². The summed E-state index contributed by atoms with van der Waals surface area (Å²) >= 11 is 0. The summed E-state index contributed by atoms with van der Waals surface area (Å²) in [6.45, 7) is 0.625. The fourth-order valence-corrected chi connectivity index (χ4v) is 1.61. The Hall–Kier alpha value is -2.04. The van der Waals surface area contributed by atoms with E-state index >= 15 is 0 Å². The Morgan fingerprint density at radius 3 is 3.12 bits per heavy atom. The van der Waals surface area contributed by atoms with E-state index in [1.54, 1.807) is 13.4 Å². The standard InChI is InChI=1S/C11H14N4O/c1-13-11(16)4-5-15-7-14-9-6-8(12)2-3-10(9)15/h2-3,6-7H,4-5,12H2,1H3,(H,13,16). The quantitative estimate of drug-likeness (QED) is 0.747. The van der Waals surface area contributed by atoms with Gasteiger partial charge in [-0.05, 0) is 18.2 Å². The van der Waals surface area contributed by atoms with Crippen molar-refractivity contribution in [3.8, 4) is 0 Å². The van der Waals surface area contributed by atoms with Gasteiger partial charge in [0.1, 0.15) is 0 Å². The first-order chi connectivity index (χ1) is 7.70. The van der Waals surface area contributed by atoms with Gasteiger partial charge in [-0.1, -0.05) is 0 Å². The maximum absolute atomic E-state index is 11.1. The summed E-state index contributed by atoms with van der Waals surface area (Å²) in [6, 6.07) is 5.58. The van der Waals surface area contributed by atoms with Crippen LogP contribution in [0.4, 0.5) is 5.69 Å². The second-order valence-corrected chi connectivity index (χ2v) is 3.61. The number of nitrogens with one attached hydrogen (secondary N) is 1. The smallest absolute Gasteiger partial charge is 0.221 e. The van der Waals surface area contributed by atoms with Crippen molar-refractivity contribution in [2.75, 3.05) is 12.8 Å². The van der Waals surface area contributed by atoms with Crippen molar-refractivity contribution in [3.63, 3.8) is 0 Å². The Morgan fingerprint density at radius 2 is 2.38 bits per heavy atom. The molecule has 0 bridgehead atoms. The molecule has 0 saturated carbocycles. The van der Waals surface area contributed by atoms with Crippen LogP contribution in [-0.2, 0) is 11.3 Å². The highest BCUT2D eigenvalue weighted by atomic mass is 16.1. The number of carbonyl (C=O) groups excluding carboxylic acids is 1. The lowest BCUT2D eigenvalue weighted by molar-refractivity contribution is -0.120. The Morgan fingerprint density at radius 1 is 1.56 bits per heavy atom. The molecule has 16 heavy (non-hydrogen) atoms. The maximum atomic E-state index is 11.1. The van der Waals surface area contributed by atoms with Crippen LogP contribution in [-0.4, -0.2) is 22.5 Å². The molecule has 5 heteroatoms. The number of benzene rings is 1. The molecule has 1 aromatic heterocycles. The molecule has 0 aliphatic carbocycles. The van der Waals surface area contributed by atoms with Gasteiger partial charge in [0.15, 0.2) is 0 Å². The van der Waals surface area contributed by atoms with Gasteiger partial charge >= 0.3 is 0 Å². The first-order valence-corrected chi connectivity index (χ1v) is 5.11. The van der Waals surface area contributed by atoms with Crippen molar-refractivity contribution in [2.45, 2.75) is 13.0 Å². The lowest BCUT2D eigenvalue weighted by Gasteiger charge is -2.03. The molecule has 5 nitrogen and oxygen atoms in total. The van der Waals surface area contributed by atoms with Crippen LogP contribution >= 0.6 is 0 Å².